The van der Waals surface area contributed by atoms with E-state index in [0.29, 0.717) is 5.69 Å². The lowest BCUT2D eigenvalue weighted by atomic mass is 10.3. The molecular weight excluding hydrogens is 252 g/mol. The van der Waals surface area contributed by atoms with Crippen LogP contribution in [0.2, 0.25) is 0 Å². The molecule has 0 atom stereocenters. The van der Waals surface area contributed by atoms with Crippen LogP contribution in [0.1, 0.15) is 0 Å². The molecule has 0 aliphatic carbocycles. The van der Waals surface area contributed by atoms with Crippen LogP contribution < -0.4 is 16.1 Å². The summed E-state index contributed by atoms with van der Waals surface area (Å²) in [7, 11) is 1.52. The fourth-order valence-electron chi connectivity index (χ4n) is 1.66. The molecule has 2 aromatic rings. The van der Waals surface area contributed by atoms with E-state index < -0.39 is 21.9 Å². The molecule has 8 heteroatoms. The van der Waals surface area contributed by atoms with E-state index in [2.05, 4.69) is 4.98 Å². The van der Waals surface area contributed by atoms with E-state index in [-0.39, 0.29) is 5.82 Å². The summed E-state index contributed by atoms with van der Waals surface area (Å²) in [5.74, 6) is -0.162. The van der Waals surface area contributed by atoms with Crippen LogP contribution in [0.25, 0.3) is 0 Å². The summed E-state index contributed by atoms with van der Waals surface area (Å²) in [6, 6.07) is 8.66. The predicted octanol–water partition coefficient (Wildman–Crippen LogP) is 0.739. The zero-order chi connectivity index (χ0) is 14.0. The van der Waals surface area contributed by atoms with Gasteiger partial charge in [0.05, 0.1) is 4.92 Å². The van der Waals surface area contributed by atoms with Gasteiger partial charge in [-0.2, -0.15) is 0 Å². The fraction of sp³-hybridized carbons (Fsp3) is 0.0909. The molecule has 0 radical (unpaired) electrons. The van der Waals surface area contributed by atoms with Crippen LogP contribution in [0, 0.1) is 10.1 Å². The third-order valence-electron chi connectivity index (χ3n) is 2.56. The molecule has 0 spiro atoms. The number of nitrogens with zero attached hydrogens (tertiary/aromatic N) is 2. The smallest absolute Gasteiger partial charge is 0.325 e. The molecule has 0 fully saturated rings. The van der Waals surface area contributed by atoms with Gasteiger partial charge in [0.15, 0.2) is 5.82 Å². The van der Waals surface area contributed by atoms with Crippen LogP contribution in [0.3, 0.4) is 0 Å². The SMILES string of the molecule is CN(c1ccccc1)c1[nH]c(=O)[nH]c(=O)c1[N+](=O)[O-]. The number of aromatic amines is 2. The van der Waals surface area contributed by atoms with Crippen molar-refractivity contribution >= 4 is 17.2 Å². The number of aromatic nitrogens is 2. The van der Waals surface area contributed by atoms with Crippen molar-refractivity contribution in [3.05, 3.63) is 61.3 Å². The van der Waals surface area contributed by atoms with Gasteiger partial charge in [0.2, 0.25) is 0 Å². The second kappa shape index (κ2) is 4.77. The van der Waals surface area contributed by atoms with E-state index in [1.54, 1.807) is 30.3 Å². The highest BCUT2D eigenvalue weighted by Crippen LogP contribution is 2.25. The molecule has 8 nitrogen and oxygen atoms in total. The van der Waals surface area contributed by atoms with Crippen molar-refractivity contribution in [1.82, 2.24) is 9.97 Å². The maximum Gasteiger partial charge on any atom is 0.374 e. The standard InChI is InChI=1S/C11H10N4O4/c1-14(7-5-3-2-4-6-7)9-8(15(18)19)10(16)13-11(17)12-9/h2-6H,1H3,(H2,12,13,16,17). The van der Waals surface area contributed by atoms with Crippen molar-refractivity contribution < 1.29 is 4.92 Å². The number of para-hydroxylation sites is 1. The normalized spacial score (nSPS) is 10.2. The second-order valence-corrected chi connectivity index (χ2v) is 3.76. The number of benzene rings is 1. The van der Waals surface area contributed by atoms with Gasteiger partial charge in [0.1, 0.15) is 0 Å². The maximum atomic E-state index is 11.5. The average Bonchev–Trinajstić information content (AvgIpc) is 2.37. The topological polar surface area (TPSA) is 112 Å². The van der Waals surface area contributed by atoms with Crippen LogP contribution in [0.15, 0.2) is 39.9 Å². The van der Waals surface area contributed by atoms with Crippen LogP contribution in [-0.2, 0) is 0 Å². The Hall–Kier alpha value is -2.90. The fourth-order valence-corrected chi connectivity index (χ4v) is 1.66. The third kappa shape index (κ3) is 2.37. The molecular formula is C11H10N4O4. The Morgan fingerprint density at radius 3 is 2.37 bits per heavy atom. The molecule has 1 aromatic heterocycles. The van der Waals surface area contributed by atoms with Crippen LogP contribution in [0.5, 0.6) is 0 Å². The van der Waals surface area contributed by atoms with Gasteiger partial charge in [-0.05, 0) is 12.1 Å². The van der Waals surface area contributed by atoms with E-state index in [1.165, 1.54) is 11.9 Å². The highest BCUT2D eigenvalue weighted by molar-refractivity contribution is 5.66. The van der Waals surface area contributed by atoms with Gasteiger partial charge < -0.3 is 4.90 Å². The van der Waals surface area contributed by atoms with Crippen molar-refractivity contribution in [3.8, 4) is 0 Å². The van der Waals surface area contributed by atoms with Gasteiger partial charge >= 0.3 is 16.9 Å². The first-order valence-electron chi connectivity index (χ1n) is 5.30. The van der Waals surface area contributed by atoms with E-state index >= 15 is 0 Å². The average molecular weight is 262 g/mol. The Bertz CT molecular complexity index is 719. The Kier molecular flexibility index (Phi) is 3.15. The molecule has 0 bridgehead atoms. The summed E-state index contributed by atoms with van der Waals surface area (Å²) in [6.07, 6.45) is 0. The lowest BCUT2D eigenvalue weighted by Crippen LogP contribution is -2.28. The van der Waals surface area contributed by atoms with Gasteiger partial charge in [-0.1, -0.05) is 18.2 Å². The number of hydrogen-bond donors (Lipinski definition) is 2. The zero-order valence-corrected chi connectivity index (χ0v) is 9.91. The van der Waals surface area contributed by atoms with Crippen LogP contribution >= 0.6 is 0 Å². The van der Waals surface area contributed by atoms with E-state index in [0.717, 1.165) is 0 Å². The Balaban J connectivity index is 2.65. The summed E-state index contributed by atoms with van der Waals surface area (Å²) < 4.78 is 0. The van der Waals surface area contributed by atoms with Gasteiger partial charge in [0.25, 0.3) is 0 Å². The summed E-state index contributed by atoms with van der Waals surface area (Å²) in [6.45, 7) is 0. The molecule has 98 valence electrons. The largest absolute Gasteiger partial charge is 0.374 e. The first-order valence-corrected chi connectivity index (χ1v) is 5.30. The summed E-state index contributed by atoms with van der Waals surface area (Å²) in [5.41, 5.74) is -1.93. The van der Waals surface area contributed by atoms with E-state index in [4.69, 9.17) is 0 Å². The first-order chi connectivity index (χ1) is 9.00. The number of rotatable bonds is 3. The van der Waals surface area contributed by atoms with Crippen molar-refractivity contribution in [2.45, 2.75) is 0 Å². The van der Waals surface area contributed by atoms with Crippen molar-refractivity contribution in [2.24, 2.45) is 0 Å². The first kappa shape index (κ1) is 12.6. The number of nitrogens with one attached hydrogen (secondary N) is 2. The van der Waals surface area contributed by atoms with Crippen LogP contribution in [0.4, 0.5) is 17.2 Å². The van der Waals surface area contributed by atoms with Gasteiger partial charge in [0, 0.05) is 12.7 Å². The molecule has 0 amide bonds. The van der Waals surface area contributed by atoms with Gasteiger partial charge in [-0.15, -0.1) is 0 Å². The van der Waals surface area contributed by atoms with E-state index in [9.17, 15) is 19.7 Å². The maximum absolute atomic E-state index is 11.5. The van der Waals surface area contributed by atoms with Crippen LogP contribution in [-0.4, -0.2) is 21.9 Å². The number of anilines is 2. The summed E-state index contributed by atoms with van der Waals surface area (Å²) in [5, 5.41) is 10.9. The van der Waals surface area contributed by atoms with E-state index in [1.807, 2.05) is 4.98 Å². The molecule has 0 aliphatic heterocycles. The minimum absolute atomic E-state index is 0.162. The second-order valence-electron chi connectivity index (χ2n) is 3.76. The number of H-pyrrole nitrogens is 2. The van der Waals surface area contributed by atoms with Crippen molar-refractivity contribution in [1.29, 1.82) is 0 Å². The predicted molar refractivity (Wildman–Crippen MR) is 68.8 cm³/mol. The molecule has 1 aromatic carbocycles. The quantitative estimate of drug-likeness (QED) is 0.625. The Morgan fingerprint density at radius 2 is 1.79 bits per heavy atom. The Labute approximate surface area is 106 Å². The zero-order valence-electron chi connectivity index (χ0n) is 9.91. The van der Waals surface area contributed by atoms with Gasteiger partial charge in [-0.25, -0.2) is 4.79 Å². The minimum atomic E-state index is -1.04. The molecule has 2 rings (SSSR count). The lowest BCUT2D eigenvalue weighted by Gasteiger charge is -2.17. The molecule has 0 aliphatic rings. The summed E-state index contributed by atoms with van der Waals surface area (Å²) in [4.78, 5) is 38.3. The molecule has 1 heterocycles. The number of nitro groups is 1. The molecule has 0 saturated heterocycles. The lowest BCUT2D eigenvalue weighted by molar-refractivity contribution is -0.385. The van der Waals surface area contributed by atoms with Gasteiger partial charge in [-0.3, -0.25) is 24.9 Å². The molecule has 2 N–H and O–H groups in total. The molecule has 0 saturated carbocycles. The molecule has 0 unspecified atom stereocenters. The third-order valence-corrected chi connectivity index (χ3v) is 2.56. The Morgan fingerprint density at radius 1 is 1.16 bits per heavy atom. The monoisotopic (exact) mass is 262 g/mol. The highest BCUT2D eigenvalue weighted by atomic mass is 16.6. The van der Waals surface area contributed by atoms with Crippen molar-refractivity contribution in [3.63, 3.8) is 0 Å². The van der Waals surface area contributed by atoms with Crippen molar-refractivity contribution in [2.75, 3.05) is 11.9 Å². The summed E-state index contributed by atoms with van der Waals surface area (Å²) >= 11 is 0. The molecule has 19 heavy (non-hydrogen) atoms. The minimum Gasteiger partial charge on any atom is -0.325 e. The highest BCUT2D eigenvalue weighted by Gasteiger charge is 2.24. The number of hydrogen-bond acceptors (Lipinski definition) is 5.